The standard InChI is InChI=1S/C15H20N4O2S2/c1-6-16-15(21)19-12(20)9(4)23-14-11-7(2)8(3)22-13(11)17-10(5)18-14/h9H,6H2,1-5H3,(H2,16,19,20,21)/t9-/m0/s1. The summed E-state index contributed by atoms with van der Waals surface area (Å²) in [5.41, 5.74) is 1.14. The Morgan fingerprint density at radius 3 is 2.61 bits per heavy atom. The molecule has 0 saturated heterocycles. The first-order valence-electron chi connectivity index (χ1n) is 7.33. The summed E-state index contributed by atoms with van der Waals surface area (Å²) in [6.07, 6.45) is 0. The molecule has 0 aliphatic heterocycles. The van der Waals surface area contributed by atoms with Crippen LogP contribution in [0.1, 0.15) is 30.1 Å². The molecule has 0 spiro atoms. The van der Waals surface area contributed by atoms with E-state index in [1.165, 1.54) is 16.6 Å². The number of amides is 3. The molecule has 2 N–H and O–H groups in total. The van der Waals surface area contributed by atoms with E-state index in [0.717, 1.165) is 20.8 Å². The molecule has 0 bridgehead atoms. The Balaban J connectivity index is 2.24. The summed E-state index contributed by atoms with van der Waals surface area (Å²) in [6.45, 7) is 9.96. The fourth-order valence-electron chi connectivity index (χ4n) is 2.04. The van der Waals surface area contributed by atoms with Crippen LogP contribution >= 0.6 is 23.1 Å². The van der Waals surface area contributed by atoms with Crippen LogP contribution in [0.5, 0.6) is 0 Å². The average Bonchev–Trinajstić information content (AvgIpc) is 2.73. The van der Waals surface area contributed by atoms with Crippen LogP contribution < -0.4 is 10.6 Å². The molecule has 1 atom stereocenters. The summed E-state index contributed by atoms with van der Waals surface area (Å²) >= 11 is 2.98. The van der Waals surface area contributed by atoms with Crippen molar-refractivity contribution in [2.45, 2.75) is 44.9 Å². The number of urea groups is 1. The molecule has 2 aromatic rings. The van der Waals surface area contributed by atoms with E-state index in [-0.39, 0.29) is 5.91 Å². The van der Waals surface area contributed by atoms with Gasteiger partial charge in [0.1, 0.15) is 15.7 Å². The summed E-state index contributed by atoms with van der Waals surface area (Å²) in [5.74, 6) is 0.340. The lowest BCUT2D eigenvalue weighted by molar-refractivity contribution is -0.119. The van der Waals surface area contributed by atoms with Crippen LogP contribution in [0.15, 0.2) is 5.03 Å². The minimum atomic E-state index is -0.475. The predicted octanol–water partition coefficient (Wildman–Crippen LogP) is 2.94. The Kier molecular flexibility index (Phi) is 5.59. The zero-order chi connectivity index (χ0) is 17.1. The lowest BCUT2D eigenvalue weighted by Gasteiger charge is -2.12. The number of aryl methyl sites for hydroxylation is 3. The van der Waals surface area contributed by atoms with Crippen molar-refractivity contribution in [1.29, 1.82) is 0 Å². The van der Waals surface area contributed by atoms with E-state index < -0.39 is 11.3 Å². The van der Waals surface area contributed by atoms with Crippen LogP contribution in [0.4, 0.5) is 4.79 Å². The van der Waals surface area contributed by atoms with Gasteiger partial charge in [0.15, 0.2) is 0 Å². The van der Waals surface area contributed by atoms with E-state index in [1.54, 1.807) is 25.2 Å². The Morgan fingerprint density at radius 2 is 1.96 bits per heavy atom. The molecule has 0 aromatic carbocycles. The first-order chi connectivity index (χ1) is 10.8. The number of nitrogens with one attached hydrogen (secondary N) is 2. The average molecular weight is 352 g/mol. The number of imide groups is 1. The van der Waals surface area contributed by atoms with E-state index in [9.17, 15) is 9.59 Å². The van der Waals surface area contributed by atoms with Crippen molar-refractivity contribution in [3.8, 4) is 0 Å². The topological polar surface area (TPSA) is 84.0 Å². The van der Waals surface area contributed by atoms with E-state index in [4.69, 9.17) is 0 Å². The Hall–Kier alpha value is -1.67. The highest BCUT2D eigenvalue weighted by Crippen LogP contribution is 2.36. The maximum Gasteiger partial charge on any atom is 0.321 e. The molecule has 0 aliphatic carbocycles. The maximum atomic E-state index is 12.1. The SMILES string of the molecule is CCNC(=O)NC(=O)[C@H](C)Sc1nc(C)nc2sc(C)c(C)c12. The predicted molar refractivity (Wildman–Crippen MR) is 94.2 cm³/mol. The lowest BCUT2D eigenvalue weighted by atomic mass is 10.2. The third-order valence-electron chi connectivity index (χ3n) is 3.34. The second-order valence-electron chi connectivity index (χ2n) is 5.15. The monoisotopic (exact) mass is 352 g/mol. The molecule has 6 nitrogen and oxygen atoms in total. The fraction of sp³-hybridized carbons (Fsp3) is 0.467. The van der Waals surface area contributed by atoms with E-state index in [2.05, 4.69) is 27.5 Å². The molecule has 2 aromatic heterocycles. The molecule has 0 unspecified atom stereocenters. The van der Waals surface area contributed by atoms with Gasteiger partial charge in [-0.2, -0.15) is 0 Å². The molecule has 0 aliphatic rings. The van der Waals surface area contributed by atoms with Gasteiger partial charge in [0.2, 0.25) is 5.91 Å². The van der Waals surface area contributed by atoms with Gasteiger partial charge in [-0.1, -0.05) is 11.8 Å². The van der Waals surface area contributed by atoms with E-state index in [0.29, 0.717) is 12.4 Å². The first kappa shape index (κ1) is 17.7. The molecule has 8 heteroatoms. The van der Waals surface area contributed by atoms with Crippen molar-refractivity contribution in [3.63, 3.8) is 0 Å². The van der Waals surface area contributed by atoms with Crippen LogP contribution in [-0.4, -0.2) is 33.7 Å². The van der Waals surface area contributed by atoms with Crippen molar-refractivity contribution >= 4 is 45.3 Å². The Labute approximate surface area is 143 Å². The number of thioether (sulfide) groups is 1. The second-order valence-corrected chi connectivity index (χ2v) is 7.68. The number of rotatable bonds is 4. The Bertz CT molecular complexity index is 758. The Morgan fingerprint density at radius 1 is 1.26 bits per heavy atom. The molecule has 0 fully saturated rings. The molecule has 23 heavy (non-hydrogen) atoms. The minimum Gasteiger partial charge on any atom is -0.338 e. The summed E-state index contributed by atoms with van der Waals surface area (Å²) in [4.78, 5) is 34.7. The lowest BCUT2D eigenvalue weighted by Crippen LogP contribution is -2.42. The van der Waals surface area contributed by atoms with Crippen LogP contribution in [0.3, 0.4) is 0 Å². The molecule has 2 rings (SSSR count). The number of nitrogens with zero attached hydrogens (tertiary/aromatic N) is 2. The van der Waals surface area contributed by atoms with Gasteiger partial charge in [0, 0.05) is 16.8 Å². The molecule has 0 radical (unpaired) electrons. The van der Waals surface area contributed by atoms with Gasteiger partial charge in [-0.3, -0.25) is 10.1 Å². The quantitative estimate of drug-likeness (QED) is 0.653. The number of fused-ring (bicyclic) bond motifs is 1. The third kappa shape index (κ3) is 4.00. The normalized spacial score (nSPS) is 12.2. The number of thiophene rings is 1. The number of hydrogen-bond donors (Lipinski definition) is 2. The van der Waals surface area contributed by atoms with Crippen molar-refractivity contribution in [1.82, 2.24) is 20.6 Å². The number of carbonyl (C=O) groups is 2. The highest BCUT2D eigenvalue weighted by atomic mass is 32.2. The van der Waals surface area contributed by atoms with Crippen molar-refractivity contribution < 1.29 is 9.59 Å². The van der Waals surface area contributed by atoms with Gasteiger partial charge in [0.05, 0.1) is 5.25 Å². The highest BCUT2D eigenvalue weighted by molar-refractivity contribution is 8.00. The zero-order valence-corrected chi connectivity index (χ0v) is 15.4. The molecule has 2 heterocycles. The number of hydrogen-bond acceptors (Lipinski definition) is 6. The first-order valence-corrected chi connectivity index (χ1v) is 9.02. The molecular weight excluding hydrogens is 332 g/mol. The largest absolute Gasteiger partial charge is 0.338 e. The van der Waals surface area contributed by atoms with Gasteiger partial charge < -0.3 is 5.32 Å². The van der Waals surface area contributed by atoms with Crippen molar-refractivity contribution in [2.24, 2.45) is 0 Å². The van der Waals surface area contributed by atoms with Crippen molar-refractivity contribution in [3.05, 3.63) is 16.3 Å². The summed E-state index contributed by atoms with van der Waals surface area (Å²) < 4.78 is 0. The van der Waals surface area contributed by atoms with Gasteiger partial charge in [-0.25, -0.2) is 14.8 Å². The van der Waals surface area contributed by atoms with Crippen LogP contribution in [0.2, 0.25) is 0 Å². The fourth-order valence-corrected chi connectivity index (χ4v) is 4.23. The van der Waals surface area contributed by atoms with Gasteiger partial charge >= 0.3 is 6.03 Å². The zero-order valence-electron chi connectivity index (χ0n) is 13.8. The van der Waals surface area contributed by atoms with E-state index in [1.807, 2.05) is 13.8 Å². The third-order valence-corrected chi connectivity index (χ3v) is 5.53. The molecule has 3 amide bonds. The second kappa shape index (κ2) is 7.27. The van der Waals surface area contributed by atoms with Crippen LogP contribution in [0.25, 0.3) is 10.2 Å². The number of aromatic nitrogens is 2. The van der Waals surface area contributed by atoms with Crippen molar-refractivity contribution in [2.75, 3.05) is 6.54 Å². The van der Waals surface area contributed by atoms with Gasteiger partial charge in [-0.05, 0) is 40.2 Å². The van der Waals surface area contributed by atoms with Crippen LogP contribution in [-0.2, 0) is 4.79 Å². The summed E-state index contributed by atoms with van der Waals surface area (Å²) in [7, 11) is 0. The molecule has 0 saturated carbocycles. The highest BCUT2D eigenvalue weighted by Gasteiger charge is 2.21. The van der Waals surface area contributed by atoms with Crippen LogP contribution in [0, 0.1) is 20.8 Å². The van der Waals surface area contributed by atoms with Gasteiger partial charge in [0.25, 0.3) is 0 Å². The van der Waals surface area contributed by atoms with E-state index >= 15 is 0 Å². The smallest absolute Gasteiger partial charge is 0.321 e. The molecule has 124 valence electrons. The maximum absolute atomic E-state index is 12.1. The summed E-state index contributed by atoms with van der Waals surface area (Å²) in [5, 5.41) is 6.23. The summed E-state index contributed by atoms with van der Waals surface area (Å²) in [6, 6.07) is -0.475. The number of carbonyl (C=O) groups excluding carboxylic acids is 2. The molecular formula is C15H20N4O2S2. The van der Waals surface area contributed by atoms with Gasteiger partial charge in [-0.15, -0.1) is 11.3 Å². The minimum absolute atomic E-state index is 0.338.